The van der Waals surface area contributed by atoms with Gasteiger partial charge in [0.2, 0.25) is 0 Å². The molecular weight excluding hydrogens is 257 g/mol. The third-order valence-corrected chi connectivity index (χ3v) is 3.41. The quantitative estimate of drug-likeness (QED) is 0.891. The Balaban J connectivity index is 1.92. The smallest absolute Gasteiger partial charge is 0.119 e. The van der Waals surface area contributed by atoms with Crippen LogP contribution < -0.4 is 5.32 Å². The first kappa shape index (κ1) is 11.1. The third-order valence-electron chi connectivity index (χ3n) is 2.88. The van der Waals surface area contributed by atoms with E-state index in [2.05, 4.69) is 21.2 Å². The minimum Gasteiger partial charge on any atom is -0.311 e. The average molecular weight is 272 g/mol. The highest BCUT2D eigenvalue weighted by Gasteiger charge is 2.23. The molecule has 2 atom stereocenters. The first-order chi connectivity index (χ1) is 7.25. The Labute approximate surface area is 98.2 Å². The van der Waals surface area contributed by atoms with Crippen molar-refractivity contribution >= 4 is 15.9 Å². The number of halogens is 2. The molecule has 1 nitrogen and oxygen atoms in total. The molecule has 1 heterocycles. The molecule has 1 aliphatic rings. The summed E-state index contributed by atoms with van der Waals surface area (Å²) in [7, 11) is 0. The fourth-order valence-electron chi connectivity index (χ4n) is 2.01. The van der Waals surface area contributed by atoms with Gasteiger partial charge < -0.3 is 5.32 Å². The largest absolute Gasteiger partial charge is 0.311 e. The van der Waals surface area contributed by atoms with Crippen LogP contribution in [0.3, 0.4) is 0 Å². The van der Waals surface area contributed by atoms with E-state index in [1.807, 2.05) is 24.3 Å². The average Bonchev–Trinajstić information content (AvgIpc) is 2.74. The lowest BCUT2D eigenvalue weighted by Crippen LogP contribution is -2.33. The highest BCUT2D eigenvalue weighted by Crippen LogP contribution is 2.18. The highest BCUT2D eigenvalue weighted by molar-refractivity contribution is 9.10. The van der Waals surface area contributed by atoms with Gasteiger partial charge >= 0.3 is 0 Å². The molecule has 1 aromatic rings. The van der Waals surface area contributed by atoms with Crippen molar-refractivity contribution in [1.82, 2.24) is 5.32 Å². The Morgan fingerprint density at radius 3 is 2.73 bits per heavy atom. The molecule has 0 saturated carbocycles. The van der Waals surface area contributed by atoms with E-state index < -0.39 is 6.17 Å². The Hall–Kier alpha value is -0.410. The summed E-state index contributed by atoms with van der Waals surface area (Å²) < 4.78 is 14.9. The van der Waals surface area contributed by atoms with E-state index in [-0.39, 0.29) is 6.04 Å². The van der Waals surface area contributed by atoms with Gasteiger partial charge in [0.15, 0.2) is 0 Å². The number of rotatable bonds is 3. The molecule has 2 unspecified atom stereocenters. The number of hydrogen-bond acceptors (Lipinski definition) is 1. The Morgan fingerprint density at radius 2 is 2.13 bits per heavy atom. The summed E-state index contributed by atoms with van der Waals surface area (Å²) >= 11 is 3.37. The lowest BCUT2D eigenvalue weighted by molar-refractivity contribution is 0.263. The van der Waals surface area contributed by atoms with E-state index in [9.17, 15) is 4.39 Å². The molecule has 0 amide bonds. The topological polar surface area (TPSA) is 12.0 Å². The van der Waals surface area contributed by atoms with Gasteiger partial charge in [-0.25, -0.2) is 4.39 Å². The van der Waals surface area contributed by atoms with Gasteiger partial charge in [-0.15, -0.1) is 0 Å². The molecule has 0 bridgehead atoms. The molecular formula is C12H15BrFN. The Morgan fingerprint density at radius 1 is 1.40 bits per heavy atom. The van der Waals surface area contributed by atoms with E-state index in [0.29, 0.717) is 6.42 Å². The van der Waals surface area contributed by atoms with Gasteiger partial charge in [-0.3, -0.25) is 0 Å². The van der Waals surface area contributed by atoms with E-state index in [1.54, 1.807) is 0 Å². The molecule has 2 rings (SSSR count). The Bertz CT molecular complexity index is 306. The van der Waals surface area contributed by atoms with Gasteiger partial charge in [-0.2, -0.15) is 0 Å². The molecule has 3 heteroatoms. The molecule has 1 N–H and O–H groups in total. The fraction of sp³-hybridized carbons (Fsp3) is 0.500. The summed E-state index contributed by atoms with van der Waals surface area (Å²) in [6.07, 6.45) is 1.84. The van der Waals surface area contributed by atoms with Gasteiger partial charge in [-0.05, 0) is 37.1 Å². The second kappa shape index (κ2) is 5.08. The predicted octanol–water partition coefficient (Wildman–Crippen LogP) is 3.08. The van der Waals surface area contributed by atoms with E-state index in [1.165, 1.54) is 0 Å². The summed E-state index contributed by atoms with van der Waals surface area (Å²) in [5.74, 6) is 0. The van der Waals surface area contributed by atoms with Crippen molar-refractivity contribution in [3.05, 3.63) is 34.3 Å². The molecule has 1 fully saturated rings. The molecule has 0 spiro atoms. The molecule has 15 heavy (non-hydrogen) atoms. The normalized spacial score (nSPS) is 22.9. The molecule has 0 aliphatic carbocycles. The minimum atomic E-state index is -0.756. The van der Waals surface area contributed by atoms with Crippen molar-refractivity contribution in [2.45, 2.75) is 31.5 Å². The zero-order chi connectivity index (χ0) is 10.7. The first-order valence-corrected chi connectivity index (χ1v) is 6.17. The summed E-state index contributed by atoms with van der Waals surface area (Å²) in [4.78, 5) is 0. The third kappa shape index (κ3) is 3.02. The molecule has 82 valence electrons. The van der Waals surface area contributed by atoms with Crippen LogP contribution in [0.15, 0.2) is 28.7 Å². The maximum absolute atomic E-state index is 13.8. The summed E-state index contributed by atoms with van der Waals surface area (Å²) in [6.45, 7) is 0.964. The highest BCUT2D eigenvalue weighted by atomic mass is 79.9. The summed E-state index contributed by atoms with van der Waals surface area (Å²) in [5.41, 5.74) is 1.07. The van der Waals surface area contributed by atoms with Gasteiger partial charge in [0.1, 0.15) is 6.17 Å². The SMILES string of the molecule is FC(Cc1ccc(Br)cc1)C1CCCN1. The van der Waals surface area contributed by atoms with Crippen LogP contribution in [-0.2, 0) is 6.42 Å². The van der Waals surface area contributed by atoms with Crippen molar-refractivity contribution in [2.24, 2.45) is 0 Å². The van der Waals surface area contributed by atoms with Crippen LogP contribution in [0.5, 0.6) is 0 Å². The van der Waals surface area contributed by atoms with E-state index >= 15 is 0 Å². The molecule has 0 aromatic heterocycles. The van der Waals surface area contributed by atoms with Crippen molar-refractivity contribution in [2.75, 3.05) is 6.54 Å². The lowest BCUT2D eigenvalue weighted by atomic mass is 10.0. The van der Waals surface area contributed by atoms with Crippen molar-refractivity contribution in [3.8, 4) is 0 Å². The lowest BCUT2D eigenvalue weighted by Gasteiger charge is -2.15. The zero-order valence-electron chi connectivity index (χ0n) is 8.55. The molecule has 1 aliphatic heterocycles. The monoisotopic (exact) mass is 271 g/mol. The second-order valence-corrected chi connectivity index (χ2v) is 4.97. The van der Waals surface area contributed by atoms with Crippen LogP contribution in [0.1, 0.15) is 18.4 Å². The number of nitrogens with one attached hydrogen (secondary N) is 1. The summed E-state index contributed by atoms with van der Waals surface area (Å²) in [5, 5.41) is 3.20. The van der Waals surface area contributed by atoms with Gasteiger partial charge in [0.05, 0.1) is 0 Å². The fourth-order valence-corrected chi connectivity index (χ4v) is 2.27. The molecule has 1 saturated heterocycles. The van der Waals surface area contributed by atoms with Crippen LogP contribution in [0.2, 0.25) is 0 Å². The summed E-state index contributed by atoms with van der Waals surface area (Å²) in [6, 6.07) is 7.94. The number of alkyl halides is 1. The van der Waals surface area contributed by atoms with Crippen molar-refractivity contribution in [3.63, 3.8) is 0 Å². The van der Waals surface area contributed by atoms with Crippen LogP contribution in [0.25, 0.3) is 0 Å². The maximum atomic E-state index is 13.8. The zero-order valence-corrected chi connectivity index (χ0v) is 10.1. The van der Waals surface area contributed by atoms with Crippen molar-refractivity contribution < 1.29 is 4.39 Å². The standard InChI is InChI=1S/C12H15BrFN/c13-10-5-3-9(4-6-10)8-11(14)12-2-1-7-15-12/h3-6,11-12,15H,1-2,7-8H2. The van der Waals surface area contributed by atoms with Gasteiger partial charge in [0.25, 0.3) is 0 Å². The number of benzene rings is 1. The van der Waals surface area contributed by atoms with Crippen molar-refractivity contribution in [1.29, 1.82) is 0 Å². The molecule has 0 radical (unpaired) electrons. The van der Waals surface area contributed by atoms with Gasteiger partial charge in [-0.1, -0.05) is 28.1 Å². The number of hydrogen-bond donors (Lipinski definition) is 1. The van der Waals surface area contributed by atoms with Crippen LogP contribution >= 0.6 is 15.9 Å². The molecule has 1 aromatic carbocycles. The maximum Gasteiger partial charge on any atom is 0.119 e. The predicted molar refractivity (Wildman–Crippen MR) is 63.8 cm³/mol. The van der Waals surface area contributed by atoms with E-state index in [0.717, 1.165) is 29.4 Å². The Kier molecular flexibility index (Phi) is 3.76. The first-order valence-electron chi connectivity index (χ1n) is 5.37. The van der Waals surface area contributed by atoms with Crippen LogP contribution in [0.4, 0.5) is 4.39 Å². The van der Waals surface area contributed by atoms with E-state index in [4.69, 9.17) is 0 Å². The van der Waals surface area contributed by atoms with Gasteiger partial charge in [0, 0.05) is 16.9 Å². The second-order valence-electron chi connectivity index (χ2n) is 4.05. The minimum absolute atomic E-state index is 0.0636. The van der Waals surface area contributed by atoms with Crippen LogP contribution in [0, 0.1) is 0 Å². The van der Waals surface area contributed by atoms with Crippen LogP contribution in [-0.4, -0.2) is 18.8 Å².